The first-order chi connectivity index (χ1) is 12.0. The number of benzene rings is 1. The first-order valence-corrected chi connectivity index (χ1v) is 7.99. The second-order valence-electron chi connectivity index (χ2n) is 5.52. The van der Waals surface area contributed by atoms with E-state index >= 15 is 0 Å². The topological polar surface area (TPSA) is 80.0 Å². The summed E-state index contributed by atoms with van der Waals surface area (Å²) in [5.41, 5.74) is 0.592. The number of hydrogen-bond donors (Lipinski definition) is 1. The molecule has 1 aromatic heterocycles. The van der Waals surface area contributed by atoms with Crippen LogP contribution in [0.2, 0.25) is 5.02 Å². The van der Waals surface area contributed by atoms with Gasteiger partial charge in [0.05, 0.1) is 24.5 Å². The lowest BCUT2D eigenvalue weighted by atomic mass is 9.95. The van der Waals surface area contributed by atoms with Gasteiger partial charge in [0.2, 0.25) is 5.78 Å². The minimum atomic E-state index is -0.765. The van der Waals surface area contributed by atoms with Crippen molar-refractivity contribution in [2.75, 3.05) is 20.3 Å². The number of Topliss-reactive ketones (excluding diaryl/α,β-unsaturated/α-hetero) is 1. The average Bonchev–Trinajstić information content (AvgIpc) is 3.21. The number of aliphatic hydroxyl groups excluding tert-OH is 1. The Labute approximate surface area is 149 Å². The van der Waals surface area contributed by atoms with Crippen molar-refractivity contribution in [2.45, 2.75) is 6.04 Å². The highest BCUT2D eigenvalue weighted by Crippen LogP contribution is 2.39. The third kappa shape index (κ3) is 3.18. The van der Waals surface area contributed by atoms with Crippen molar-refractivity contribution in [1.82, 2.24) is 4.90 Å². The summed E-state index contributed by atoms with van der Waals surface area (Å²) < 4.78 is 10.2. The Morgan fingerprint density at radius 1 is 1.36 bits per heavy atom. The van der Waals surface area contributed by atoms with Gasteiger partial charge in [-0.3, -0.25) is 9.59 Å². The van der Waals surface area contributed by atoms with E-state index in [2.05, 4.69) is 0 Å². The molecule has 0 saturated carbocycles. The molecule has 1 unspecified atom stereocenters. The smallest absolute Gasteiger partial charge is 0.290 e. The van der Waals surface area contributed by atoms with E-state index in [1.807, 2.05) is 0 Å². The molecule has 6 nitrogen and oxygen atoms in total. The number of ketones is 1. The van der Waals surface area contributed by atoms with Gasteiger partial charge in [0.1, 0.15) is 0 Å². The van der Waals surface area contributed by atoms with Crippen LogP contribution in [0.5, 0.6) is 0 Å². The number of furan rings is 1. The van der Waals surface area contributed by atoms with Crippen molar-refractivity contribution < 1.29 is 23.8 Å². The Morgan fingerprint density at radius 2 is 2.16 bits per heavy atom. The van der Waals surface area contributed by atoms with Crippen LogP contribution in [0.4, 0.5) is 0 Å². The number of amides is 1. The van der Waals surface area contributed by atoms with Crippen molar-refractivity contribution in [2.24, 2.45) is 0 Å². The number of carbonyl (C=O) groups is 2. The van der Waals surface area contributed by atoms with Gasteiger partial charge < -0.3 is 19.2 Å². The molecular formula is C18H16ClNO5. The molecule has 1 N–H and O–H groups in total. The highest BCUT2D eigenvalue weighted by atomic mass is 35.5. The molecule has 1 aliphatic heterocycles. The lowest BCUT2D eigenvalue weighted by Gasteiger charge is -2.26. The molecule has 7 heteroatoms. The van der Waals surface area contributed by atoms with Crippen molar-refractivity contribution >= 4 is 23.3 Å². The highest BCUT2D eigenvalue weighted by molar-refractivity contribution is 6.30. The van der Waals surface area contributed by atoms with Gasteiger partial charge in [0.25, 0.3) is 5.91 Å². The summed E-state index contributed by atoms with van der Waals surface area (Å²) in [4.78, 5) is 26.7. The quantitative estimate of drug-likeness (QED) is 0.799. The maximum Gasteiger partial charge on any atom is 0.290 e. The largest absolute Gasteiger partial charge is 0.503 e. The Bertz CT molecular complexity index is 828. The molecule has 1 atom stereocenters. The number of aliphatic hydroxyl groups is 1. The summed E-state index contributed by atoms with van der Waals surface area (Å²) in [6, 6.07) is 9.11. The predicted octanol–water partition coefficient (Wildman–Crippen LogP) is 3.16. The number of ether oxygens (including phenoxy) is 1. The van der Waals surface area contributed by atoms with Crippen LogP contribution >= 0.6 is 11.6 Å². The average molecular weight is 362 g/mol. The van der Waals surface area contributed by atoms with Crippen molar-refractivity contribution in [3.63, 3.8) is 0 Å². The van der Waals surface area contributed by atoms with E-state index < -0.39 is 23.5 Å². The molecule has 1 aliphatic rings. The lowest BCUT2D eigenvalue weighted by Crippen LogP contribution is -2.34. The van der Waals surface area contributed by atoms with Crippen molar-refractivity contribution in [3.05, 3.63) is 70.3 Å². The van der Waals surface area contributed by atoms with E-state index in [0.29, 0.717) is 10.6 Å². The molecule has 130 valence electrons. The minimum absolute atomic E-state index is 0.0293. The summed E-state index contributed by atoms with van der Waals surface area (Å²) in [6.45, 7) is 0.476. The third-order valence-electron chi connectivity index (χ3n) is 3.99. The predicted molar refractivity (Wildman–Crippen MR) is 90.5 cm³/mol. The first-order valence-electron chi connectivity index (χ1n) is 7.61. The van der Waals surface area contributed by atoms with E-state index in [-0.39, 0.29) is 24.5 Å². The number of carbonyl (C=O) groups excluding carboxylic acids is 2. The zero-order chi connectivity index (χ0) is 18.0. The maximum absolute atomic E-state index is 12.8. The maximum atomic E-state index is 12.8. The zero-order valence-electron chi connectivity index (χ0n) is 13.4. The van der Waals surface area contributed by atoms with Crippen LogP contribution in [-0.4, -0.2) is 42.0 Å². The monoisotopic (exact) mass is 361 g/mol. The Hall–Kier alpha value is -2.57. The van der Waals surface area contributed by atoms with Gasteiger partial charge >= 0.3 is 0 Å². The third-order valence-corrected chi connectivity index (χ3v) is 4.23. The summed E-state index contributed by atoms with van der Waals surface area (Å²) in [6.07, 6.45) is 1.36. The molecule has 0 radical (unpaired) electrons. The Kier molecular flexibility index (Phi) is 4.92. The van der Waals surface area contributed by atoms with Crippen LogP contribution in [0, 0.1) is 0 Å². The van der Waals surface area contributed by atoms with E-state index in [4.69, 9.17) is 20.8 Å². The second-order valence-corrected chi connectivity index (χ2v) is 5.95. The fourth-order valence-corrected chi connectivity index (χ4v) is 3.07. The van der Waals surface area contributed by atoms with Gasteiger partial charge in [-0.2, -0.15) is 0 Å². The van der Waals surface area contributed by atoms with Crippen LogP contribution in [0.1, 0.15) is 22.2 Å². The standard InChI is InChI=1S/C18H16ClNO5/c1-24-9-7-20-15(11-4-2-5-12(19)10-11)14(17(22)18(20)23)16(21)13-6-3-8-25-13/h2-6,8,10,15,22H,7,9H2,1H3. The van der Waals surface area contributed by atoms with E-state index in [1.54, 1.807) is 30.3 Å². The summed E-state index contributed by atoms with van der Waals surface area (Å²) >= 11 is 6.06. The lowest BCUT2D eigenvalue weighted by molar-refractivity contribution is -0.130. The molecule has 1 aromatic carbocycles. The molecule has 2 aromatic rings. The Morgan fingerprint density at radius 3 is 2.80 bits per heavy atom. The van der Waals surface area contributed by atoms with Gasteiger partial charge in [0.15, 0.2) is 11.5 Å². The second kappa shape index (κ2) is 7.13. The highest BCUT2D eigenvalue weighted by Gasteiger charge is 2.44. The summed E-state index contributed by atoms with van der Waals surface area (Å²) in [7, 11) is 1.51. The van der Waals surface area contributed by atoms with E-state index in [0.717, 1.165) is 0 Å². The van der Waals surface area contributed by atoms with Crippen LogP contribution in [0.15, 0.2) is 58.4 Å². The summed E-state index contributed by atoms with van der Waals surface area (Å²) in [5.74, 6) is -1.70. The zero-order valence-corrected chi connectivity index (χ0v) is 14.2. The summed E-state index contributed by atoms with van der Waals surface area (Å²) in [5, 5.41) is 10.8. The van der Waals surface area contributed by atoms with Crippen LogP contribution in [0.25, 0.3) is 0 Å². The van der Waals surface area contributed by atoms with Gasteiger partial charge in [-0.1, -0.05) is 23.7 Å². The molecule has 3 rings (SSSR count). The van der Waals surface area contributed by atoms with Gasteiger partial charge in [0, 0.05) is 18.7 Å². The van der Waals surface area contributed by atoms with Crippen LogP contribution in [-0.2, 0) is 9.53 Å². The van der Waals surface area contributed by atoms with Crippen molar-refractivity contribution in [3.8, 4) is 0 Å². The number of rotatable bonds is 6. The number of nitrogens with zero attached hydrogens (tertiary/aromatic N) is 1. The normalized spacial score (nSPS) is 17.4. The number of methoxy groups -OCH3 is 1. The fourth-order valence-electron chi connectivity index (χ4n) is 2.87. The van der Waals surface area contributed by atoms with Crippen LogP contribution < -0.4 is 0 Å². The molecule has 0 fully saturated rings. The first kappa shape index (κ1) is 17.3. The minimum Gasteiger partial charge on any atom is -0.503 e. The number of halogens is 1. The SMILES string of the molecule is COCCN1C(=O)C(O)=C(C(=O)c2ccco2)C1c1cccc(Cl)c1. The molecular weight excluding hydrogens is 346 g/mol. The van der Waals surface area contributed by atoms with Gasteiger partial charge in [-0.25, -0.2) is 0 Å². The van der Waals surface area contributed by atoms with E-state index in [9.17, 15) is 14.7 Å². The molecule has 2 heterocycles. The van der Waals surface area contributed by atoms with E-state index in [1.165, 1.54) is 24.3 Å². The van der Waals surface area contributed by atoms with Gasteiger partial charge in [-0.05, 0) is 29.8 Å². The molecule has 1 amide bonds. The van der Waals surface area contributed by atoms with Crippen LogP contribution in [0.3, 0.4) is 0 Å². The molecule has 25 heavy (non-hydrogen) atoms. The fraction of sp³-hybridized carbons (Fsp3) is 0.222. The Balaban J connectivity index is 2.08. The number of hydrogen-bond acceptors (Lipinski definition) is 5. The molecule has 0 saturated heterocycles. The molecule has 0 aliphatic carbocycles. The molecule has 0 bridgehead atoms. The molecule has 0 spiro atoms. The van der Waals surface area contributed by atoms with Crippen molar-refractivity contribution in [1.29, 1.82) is 0 Å². The van der Waals surface area contributed by atoms with Gasteiger partial charge in [-0.15, -0.1) is 0 Å².